The van der Waals surface area contributed by atoms with Crippen LogP contribution < -0.4 is 10.1 Å². The standard InChI is InChI=1S/C15H18N4O2S/c1-22-15-3-2-13(18-19-15)17-9-11-4-6-16-14(8-11)21-12-5-7-20-10-12/h2-4,6,8,12H,5,7,9-10H2,1H3,(H,17,18). The number of nitrogens with one attached hydrogen (secondary N) is 1. The highest BCUT2D eigenvalue weighted by Crippen LogP contribution is 2.17. The van der Waals surface area contributed by atoms with Crippen molar-refractivity contribution in [1.29, 1.82) is 0 Å². The molecule has 0 aromatic carbocycles. The van der Waals surface area contributed by atoms with Gasteiger partial charge < -0.3 is 14.8 Å². The molecule has 0 radical (unpaired) electrons. The quantitative estimate of drug-likeness (QED) is 0.820. The lowest BCUT2D eigenvalue weighted by atomic mass is 10.2. The van der Waals surface area contributed by atoms with Gasteiger partial charge in [0.25, 0.3) is 0 Å². The van der Waals surface area contributed by atoms with Gasteiger partial charge in [0.15, 0.2) is 0 Å². The summed E-state index contributed by atoms with van der Waals surface area (Å²) >= 11 is 1.57. The van der Waals surface area contributed by atoms with Crippen LogP contribution in [0.4, 0.5) is 5.82 Å². The number of pyridine rings is 1. The molecule has 1 unspecified atom stereocenters. The Balaban J connectivity index is 1.57. The van der Waals surface area contributed by atoms with E-state index in [1.54, 1.807) is 18.0 Å². The summed E-state index contributed by atoms with van der Waals surface area (Å²) in [6.45, 7) is 2.05. The number of thioether (sulfide) groups is 1. The molecule has 0 aliphatic carbocycles. The maximum absolute atomic E-state index is 5.80. The van der Waals surface area contributed by atoms with Crippen LogP contribution in [-0.4, -0.2) is 40.8 Å². The SMILES string of the molecule is CSc1ccc(NCc2ccnc(OC3CCOC3)c2)nn1. The smallest absolute Gasteiger partial charge is 0.213 e. The zero-order valence-corrected chi connectivity index (χ0v) is 13.2. The van der Waals surface area contributed by atoms with Gasteiger partial charge >= 0.3 is 0 Å². The lowest BCUT2D eigenvalue weighted by Crippen LogP contribution is -2.16. The summed E-state index contributed by atoms with van der Waals surface area (Å²) in [5.74, 6) is 1.39. The largest absolute Gasteiger partial charge is 0.472 e. The molecule has 1 N–H and O–H groups in total. The molecule has 0 amide bonds. The minimum atomic E-state index is 0.112. The van der Waals surface area contributed by atoms with E-state index in [1.807, 2.05) is 30.5 Å². The summed E-state index contributed by atoms with van der Waals surface area (Å²) in [5.41, 5.74) is 1.08. The maximum atomic E-state index is 5.80. The van der Waals surface area contributed by atoms with Crippen molar-refractivity contribution < 1.29 is 9.47 Å². The normalized spacial score (nSPS) is 17.4. The molecule has 3 heterocycles. The molecular formula is C15H18N4O2S. The molecular weight excluding hydrogens is 300 g/mol. The first-order valence-electron chi connectivity index (χ1n) is 7.14. The van der Waals surface area contributed by atoms with Crippen molar-refractivity contribution in [3.05, 3.63) is 36.0 Å². The third-order valence-electron chi connectivity index (χ3n) is 3.30. The highest BCUT2D eigenvalue weighted by Gasteiger charge is 2.17. The van der Waals surface area contributed by atoms with Crippen LogP contribution in [0.15, 0.2) is 35.5 Å². The van der Waals surface area contributed by atoms with Crippen LogP contribution in [0.5, 0.6) is 5.88 Å². The molecule has 0 spiro atoms. The topological polar surface area (TPSA) is 69.2 Å². The van der Waals surface area contributed by atoms with Gasteiger partial charge in [-0.2, -0.15) is 0 Å². The molecule has 1 saturated heterocycles. The second-order valence-corrected chi connectivity index (χ2v) is 5.75. The van der Waals surface area contributed by atoms with Gasteiger partial charge in [0, 0.05) is 25.2 Å². The summed E-state index contributed by atoms with van der Waals surface area (Å²) in [4.78, 5) is 4.24. The van der Waals surface area contributed by atoms with Crippen LogP contribution in [0.1, 0.15) is 12.0 Å². The Morgan fingerprint density at radius 3 is 3.05 bits per heavy atom. The van der Waals surface area contributed by atoms with E-state index in [9.17, 15) is 0 Å². The van der Waals surface area contributed by atoms with Gasteiger partial charge in [-0.25, -0.2) is 4.98 Å². The van der Waals surface area contributed by atoms with Gasteiger partial charge in [-0.15, -0.1) is 22.0 Å². The lowest BCUT2D eigenvalue weighted by molar-refractivity contribution is 0.138. The van der Waals surface area contributed by atoms with E-state index < -0.39 is 0 Å². The minimum absolute atomic E-state index is 0.112. The van der Waals surface area contributed by atoms with Crippen molar-refractivity contribution in [2.75, 3.05) is 24.8 Å². The molecule has 1 aliphatic rings. The predicted molar refractivity (Wildman–Crippen MR) is 85.2 cm³/mol. The molecule has 2 aromatic rings. The lowest BCUT2D eigenvalue weighted by Gasteiger charge is -2.12. The van der Waals surface area contributed by atoms with Gasteiger partial charge in [0.05, 0.1) is 13.2 Å². The first-order valence-corrected chi connectivity index (χ1v) is 8.37. The van der Waals surface area contributed by atoms with E-state index >= 15 is 0 Å². The summed E-state index contributed by atoms with van der Waals surface area (Å²) in [5, 5.41) is 12.4. The van der Waals surface area contributed by atoms with Crippen molar-refractivity contribution in [1.82, 2.24) is 15.2 Å². The average molecular weight is 318 g/mol. The predicted octanol–water partition coefficient (Wildman–Crippen LogP) is 2.37. The molecule has 116 valence electrons. The Bertz CT molecular complexity index is 603. The van der Waals surface area contributed by atoms with E-state index in [2.05, 4.69) is 20.5 Å². The Morgan fingerprint density at radius 2 is 2.32 bits per heavy atom. The fourth-order valence-electron chi connectivity index (χ4n) is 2.12. The minimum Gasteiger partial charge on any atom is -0.472 e. The van der Waals surface area contributed by atoms with Gasteiger partial charge in [-0.05, 0) is 30.0 Å². The average Bonchev–Trinajstić information content (AvgIpc) is 3.07. The van der Waals surface area contributed by atoms with Crippen molar-refractivity contribution in [2.24, 2.45) is 0 Å². The van der Waals surface area contributed by atoms with Crippen LogP contribution in [-0.2, 0) is 11.3 Å². The van der Waals surface area contributed by atoms with Crippen molar-refractivity contribution in [3.63, 3.8) is 0 Å². The fraction of sp³-hybridized carbons (Fsp3) is 0.400. The van der Waals surface area contributed by atoms with Gasteiger partial charge in [-0.1, -0.05) is 0 Å². The van der Waals surface area contributed by atoms with E-state index in [-0.39, 0.29) is 6.10 Å². The van der Waals surface area contributed by atoms with Gasteiger partial charge in [0.2, 0.25) is 5.88 Å². The second-order valence-electron chi connectivity index (χ2n) is 4.92. The number of nitrogens with zero attached hydrogens (tertiary/aromatic N) is 3. The molecule has 2 aromatic heterocycles. The molecule has 6 nitrogen and oxygen atoms in total. The van der Waals surface area contributed by atoms with Crippen molar-refractivity contribution in [3.8, 4) is 5.88 Å². The molecule has 1 aliphatic heterocycles. The van der Waals surface area contributed by atoms with Crippen molar-refractivity contribution >= 4 is 17.6 Å². The number of rotatable bonds is 6. The summed E-state index contributed by atoms with van der Waals surface area (Å²) < 4.78 is 11.1. The molecule has 1 atom stereocenters. The van der Waals surface area contributed by atoms with Crippen molar-refractivity contribution in [2.45, 2.75) is 24.1 Å². The zero-order valence-electron chi connectivity index (χ0n) is 12.4. The van der Waals surface area contributed by atoms with E-state index in [1.165, 1.54) is 0 Å². The number of ether oxygens (including phenoxy) is 2. The number of hydrogen-bond donors (Lipinski definition) is 1. The number of aromatic nitrogens is 3. The molecule has 22 heavy (non-hydrogen) atoms. The molecule has 1 fully saturated rings. The monoisotopic (exact) mass is 318 g/mol. The molecule has 3 rings (SSSR count). The van der Waals surface area contributed by atoms with Crippen LogP contribution in [0.3, 0.4) is 0 Å². The van der Waals surface area contributed by atoms with E-state index in [0.717, 1.165) is 29.4 Å². The van der Waals surface area contributed by atoms with E-state index in [0.29, 0.717) is 19.0 Å². The number of hydrogen-bond acceptors (Lipinski definition) is 7. The van der Waals surface area contributed by atoms with Crippen LogP contribution in [0.2, 0.25) is 0 Å². The zero-order chi connectivity index (χ0) is 15.2. The third-order valence-corrected chi connectivity index (χ3v) is 3.93. The summed E-state index contributed by atoms with van der Waals surface area (Å²) in [6, 6.07) is 7.76. The molecule has 0 saturated carbocycles. The first-order chi connectivity index (χ1) is 10.8. The second kappa shape index (κ2) is 7.42. The highest BCUT2D eigenvalue weighted by atomic mass is 32.2. The van der Waals surface area contributed by atoms with Crippen LogP contribution in [0.25, 0.3) is 0 Å². The Kier molecular flexibility index (Phi) is 5.07. The van der Waals surface area contributed by atoms with E-state index in [4.69, 9.17) is 9.47 Å². The third kappa shape index (κ3) is 4.08. The van der Waals surface area contributed by atoms with Gasteiger partial charge in [-0.3, -0.25) is 0 Å². The molecule has 7 heteroatoms. The van der Waals surface area contributed by atoms with Crippen LogP contribution in [0, 0.1) is 0 Å². The van der Waals surface area contributed by atoms with Gasteiger partial charge in [0.1, 0.15) is 16.9 Å². The first kappa shape index (κ1) is 15.1. The Morgan fingerprint density at radius 1 is 1.36 bits per heavy atom. The summed E-state index contributed by atoms with van der Waals surface area (Å²) in [7, 11) is 0. The fourth-order valence-corrected chi connectivity index (χ4v) is 2.44. The van der Waals surface area contributed by atoms with Crippen LogP contribution >= 0.6 is 11.8 Å². The Hall–Kier alpha value is -1.86. The number of anilines is 1. The summed E-state index contributed by atoms with van der Waals surface area (Å²) in [6.07, 6.45) is 4.76. The maximum Gasteiger partial charge on any atom is 0.213 e. The Labute approximate surface area is 133 Å². The molecule has 0 bridgehead atoms. The highest BCUT2D eigenvalue weighted by molar-refractivity contribution is 7.98.